The normalized spacial score (nSPS) is 16.3. The van der Waals surface area contributed by atoms with Crippen LogP contribution in [0.4, 0.5) is 0 Å². The van der Waals surface area contributed by atoms with Crippen LogP contribution in [0.2, 0.25) is 0 Å². The van der Waals surface area contributed by atoms with E-state index in [-0.39, 0.29) is 12.0 Å². The Hall–Kier alpha value is -3.23. The Morgan fingerprint density at radius 2 is 2.13 bits per heavy atom. The first kappa shape index (κ1) is 20.1. The van der Waals surface area contributed by atoms with Gasteiger partial charge in [-0.2, -0.15) is 4.98 Å². The van der Waals surface area contributed by atoms with Gasteiger partial charge in [0.2, 0.25) is 11.7 Å². The van der Waals surface area contributed by atoms with Crippen LogP contribution in [-0.4, -0.2) is 48.6 Å². The van der Waals surface area contributed by atoms with Gasteiger partial charge in [-0.05, 0) is 31.2 Å². The molecule has 1 unspecified atom stereocenters. The number of unbranched alkanes of at least 4 members (excludes halogenated alkanes) is 1. The molecule has 0 amide bonds. The lowest BCUT2D eigenvalue weighted by molar-refractivity contribution is 0.320. The maximum absolute atomic E-state index is 7.69. The predicted molar refractivity (Wildman–Crippen MR) is 113 cm³/mol. The summed E-state index contributed by atoms with van der Waals surface area (Å²) in [7, 11) is 0. The second-order valence-electron chi connectivity index (χ2n) is 7.80. The van der Waals surface area contributed by atoms with Crippen molar-refractivity contribution in [2.24, 2.45) is 5.73 Å². The average Bonchev–Trinajstić information content (AvgIpc) is 3.49. The molecule has 158 valence electrons. The first-order valence-electron chi connectivity index (χ1n) is 10.5. The molecular weight excluding hydrogens is 380 g/mol. The van der Waals surface area contributed by atoms with Crippen LogP contribution in [0.15, 0.2) is 35.0 Å². The highest BCUT2D eigenvalue weighted by Gasteiger charge is 2.27. The van der Waals surface area contributed by atoms with Crippen molar-refractivity contribution >= 4 is 5.96 Å². The van der Waals surface area contributed by atoms with Crippen molar-refractivity contribution in [2.45, 2.75) is 58.0 Å². The van der Waals surface area contributed by atoms with Gasteiger partial charge in [-0.25, -0.2) is 4.68 Å². The third kappa shape index (κ3) is 4.67. The molecule has 0 spiro atoms. The van der Waals surface area contributed by atoms with Crippen molar-refractivity contribution in [3.05, 3.63) is 47.6 Å². The molecule has 9 heteroatoms. The number of hydrogen-bond acceptors (Lipinski definition) is 6. The van der Waals surface area contributed by atoms with Gasteiger partial charge in [-0.3, -0.25) is 5.41 Å². The van der Waals surface area contributed by atoms with Gasteiger partial charge in [0.15, 0.2) is 5.96 Å². The molecule has 0 bridgehead atoms. The SMILES string of the molecule is CCCCc1cn(Cc2ccc(-c3noc(CC4CCCN4C(=N)N)n3)cc2)nn1. The van der Waals surface area contributed by atoms with Crippen LogP contribution >= 0.6 is 0 Å². The molecule has 4 rings (SSSR count). The molecule has 2 aromatic heterocycles. The smallest absolute Gasteiger partial charge is 0.229 e. The molecule has 1 aliphatic heterocycles. The molecule has 1 atom stereocenters. The Bertz CT molecular complexity index is 977. The average molecular weight is 409 g/mol. The summed E-state index contributed by atoms with van der Waals surface area (Å²) in [5, 5.41) is 20.3. The lowest BCUT2D eigenvalue weighted by Gasteiger charge is -2.23. The third-order valence-corrected chi connectivity index (χ3v) is 5.49. The number of likely N-dealkylation sites (tertiary alicyclic amines) is 1. The maximum Gasteiger partial charge on any atom is 0.229 e. The number of guanidine groups is 1. The van der Waals surface area contributed by atoms with Crippen molar-refractivity contribution in [1.29, 1.82) is 5.41 Å². The summed E-state index contributed by atoms with van der Waals surface area (Å²) in [6.07, 6.45) is 7.89. The van der Waals surface area contributed by atoms with Crippen LogP contribution in [0.5, 0.6) is 0 Å². The van der Waals surface area contributed by atoms with Gasteiger partial charge >= 0.3 is 0 Å². The third-order valence-electron chi connectivity index (χ3n) is 5.49. The molecule has 3 N–H and O–H groups in total. The summed E-state index contributed by atoms with van der Waals surface area (Å²) in [5.41, 5.74) is 8.75. The standard InChI is InChI=1S/C21H28N8O/c1-2-3-5-17-14-28(27-25-17)13-15-7-9-16(10-8-15)20-24-19(30-26-20)12-18-6-4-11-29(18)21(22)23/h7-10,14,18H,2-6,11-13H2,1H3,(H3,22,23). The van der Waals surface area contributed by atoms with Crippen LogP contribution in [0, 0.1) is 5.41 Å². The summed E-state index contributed by atoms with van der Waals surface area (Å²) in [4.78, 5) is 6.44. The van der Waals surface area contributed by atoms with Gasteiger partial charge in [0, 0.05) is 30.8 Å². The van der Waals surface area contributed by atoms with Crippen molar-refractivity contribution < 1.29 is 4.52 Å². The fraction of sp³-hybridized carbons (Fsp3) is 0.476. The van der Waals surface area contributed by atoms with Crippen LogP contribution in [0.25, 0.3) is 11.4 Å². The molecule has 0 radical (unpaired) electrons. The molecule has 9 nitrogen and oxygen atoms in total. The number of nitrogens with one attached hydrogen (secondary N) is 1. The Kier molecular flexibility index (Phi) is 6.06. The van der Waals surface area contributed by atoms with E-state index < -0.39 is 0 Å². The molecule has 1 aliphatic rings. The van der Waals surface area contributed by atoms with Gasteiger partial charge < -0.3 is 15.2 Å². The summed E-state index contributed by atoms with van der Waals surface area (Å²) in [5.74, 6) is 1.26. The second-order valence-corrected chi connectivity index (χ2v) is 7.80. The molecule has 0 saturated carbocycles. The van der Waals surface area contributed by atoms with Crippen LogP contribution in [0.3, 0.4) is 0 Å². The highest BCUT2D eigenvalue weighted by atomic mass is 16.5. The van der Waals surface area contributed by atoms with E-state index in [9.17, 15) is 0 Å². The van der Waals surface area contributed by atoms with Gasteiger partial charge in [0.05, 0.1) is 12.2 Å². The number of nitrogens with two attached hydrogens (primary N) is 1. The molecule has 3 aromatic rings. The van der Waals surface area contributed by atoms with E-state index >= 15 is 0 Å². The number of aromatic nitrogens is 5. The van der Waals surface area contributed by atoms with Gasteiger partial charge in [0.1, 0.15) is 0 Å². The van der Waals surface area contributed by atoms with Gasteiger partial charge in [0.25, 0.3) is 0 Å². The van der Waals surface area contributed by atoms with E-state index in [4.69, 9.17) is 15.7 Å². The minimum absolute atomic E-state index is 0.109. The molecule has 0 aliphatic carbocycles. The summed E-state index contributed by atoms with van der Waals surface area (Å²) in [6.45, 7) is 3.67. The van der Waals surface area contributed by atoms with Crippen LogP contribution in [0.1, 0.15) is 49.8 Å². The van der Waals surface area contributed by atoms with Crippen LogP contribution < -0.4 is 5.73 Å². The molecule has 3 heterocycles. The van der Waals surface area contributed by atoms with E-state index in [1.807, 2.05) is 40.0 Å². The number of hydrogen-bond donors (Lipinski definition) is 2. The zero-order chi connectivity index (χ0) is 20.9. The maximum atomic E-state index is 7.69. The molecular formula is C21H28N8O. The van der Waals surface area contributed by atoms with E-state index in [1.54, 1.807) is 0 Å². The van der Waals surface area contributed by atoms with Gasteiger partial charge in [-0.15, -0.1) is 5.10 Å². The van der Waals surface area contributed by atoms with Crippen LogP contribution in [-0.2, 0) is 19.4 Å². The Morgan fingerprint density at radius 1 is 1.30 bits per heavy atom. The van der Waals surface area contributed by atoms with E-state index in [0.717, 1.165) is 55.5 Å². The number of nitrogens with zero attached hydrogens (tertiary/aromatic N) is 6. The second kappa shape index (κ2) is 9.06. The first-order valence-corrected chi connectivity index (χ1v) is 10.5. The fourth-order valence-corrected chi connectivity index (χ4v) is 3.86. The minimum atomic E-state index is 0.109. The molecule has 1 saturated heterocycles. The van der Waals surface area contributed by atoms with Crippen molar-refractivity contribution in [3.63, 3.8) is 0 Å². The molecule has 30 heavy (non-hydrogen) atoms. The predicted octanol–water partition coefficient (Wildman–Crippen LogP) is 2.62. The highest BCUT2D eigenvalue weighted by molar-refractivity contribution is 5.75. The number of rotatable bonds is 8. The zero-order valence-corrected chi connectivity index (χ0v) is 17.3. The number of benzene rings is 1. The van der Waals surface area contributed by atoms with Crippen molar-refractivity contribution in [1.82, 2.24) is 30.0 Å². The number of aryl methyl sites for hydroxylation is 1. The topological polar surface area (TPSA) is 123 Å². The first-order chi connectivity index (χ1) is 14.6. The summed E-state index contributed by atoms with van der Waals surface area (Å²) < 4.78 is 7.32. The van der Waals surface area contributed by atoms with E-state index in [1.165, 1.54) is 0 Å². The fourth-order valence-electron chi connectivity index (χ4n) is 3.86. The summed E-state index contributed by atoms with van der Waals surface area (Å²) in [6, 6.07) is 8.25. The molecule has 1 aromatic carbocycles. The van der Waals surface area contributed by atoms with E-state index in [0.29, 0.717) is 24.7 Å². The lowest BCUT2D eigenvalue weighted by atomic mass is 10.1. The van der Waals surface area contributed by atoms with E-state index in [2.05, 4.69) is 27.4 Å². The minimum Gasteiger partial charge on any atom is -0.370 e. The quantitative estimate of drug-likeness (QED) is 0.434. The van der Waals surface area contributed by atoms with Crippen molar-refractivity contribution in [2.75, 3.05) is 6.54 Å². The molecule has 1 fully saturated rings. The Balaban J connectivity index is 1.37. The lowest BCUT2D eigenvalue weighted by Crippen LogP contribution is -2.41. The largest absolute Gasteiger partial charge is 0.370 e. The summed E-state index contributed by atoms with van der Waals surface area (Å²) >= 11 is 0. The van der Waals surface area contributed by atoms with Gasteiger partial charge in [-0.1, -0.05) is 48.0 Å². The van der Waals surface area contributed by atoms with Crippen molar-refractivity contribution in [3.8, 4) is 11.4 Å². The zero-order valence-electron chi connectivity index (χ0n) is 17.3. The monoisotopic (exact) mass is 408 g/mol. The highest BCUT2D eigenvalue weighted by Crippen LogP contribution is 2.22. The Labute approximate surface area is 175 Å². The Morgan fingerprint density at radius 3 is 2.90 bits per heavy atom.